The zero-order chi connectivity index (χ0) is 18.4. The maximum Gasteiger partial charge on any atom is 0.220 e. The highest BCUT2D eigenvalue weighted by Crippen LogP contribution is 2.32. The highest BCUT2D eigenvalue weighted by Gasteiger charge is 2.33. The van der Waals surface area contributed by atoms with Crippen molar-refractivity contribution in [2.45, 2.75) is 51.0 Å². The van der Waals surface area contributed by atoms with Gasteiger partial charge in [0.15, 0.2) is 11.5 Å². The minimum atomic E-state index is 0.197. The van der Waals surface area contributed by atoms with Crippen LogP contribution in [0.5, 0.6) is 11.5 Å². The summed E-state index contributed by atoms with van der Waals surface area (Å²) in [4.78, 5) is 15.0. The van der Waals surface area contributed by atoms with Crippen molar-refractivity contribution >= 4 is 5.91 Å². The van der Waals surface area contributed by atoms with E-state index in [4.69, 9.17) is 9.47 Å². The number of methoxy groups -OCH3 is 2. The molecule has 1 N–H and O–H groups in total. The number of fused-ring (bicyclic) bond motifs is 1. The molecule has 5 heteroatoms. The molecule has 1 amide bonds. The van der Waals surface area contributed by atoms with Crippen molar-refractivity contribution in [2.24, 2.45) is 5.92 Å². The maximum absolute atomic E-state index is 12.4. The van der Waals surface area contributed by atoms with E-state index < -0.39 is 0 Å². The fourth-order valence-electron chi connectivity index (χ4n) is 4.51. The van der Waals surface area contributed by atoms with Crippen LogP contribution in [-0.4, -0.2) is 50.7 Å². The lowest BCUT2D eigenvalue weighted by Crippen LogP contribution is -2.49. The molecule has 0 aliphatic carbocycles. The molecule has 144 valence electrons. The molecule has 2 saturated heterocycles. The number of nitrogens with zero attached hydrogens (tertiary/aromatic N) is 1. The quantitative estimate of drug-likeness (QED) is 0.812. The molecule has 0 radical (unpaired) electrons. The molecule has 2 atom stereocenters. The van der Waals surface area contributed by atoms with Crippen molar-refractivity contribution < 1.29 is 14.3 Å². The molecule has 1 aromatic rings. The second-order valence-electron chi connectivity index (χ2n) is 7.49. The van der Waals surface area contributed by atoms with E-state index in [2.05, 4.69) is 10.2 Å². The highest BCUT2D eigenvalue weighted by molar-refractivity contribution is 5.76. The van der Waals surface area contributed by atoms with E-state index in [1.54, 1.807) is 14.2 Å². The topological polar surface area (TPSA) is 50.8 Å². The van der Waals surface area contributed by atoms with Gasteiger partial charge in [-0.05, 0) is 68.8 Å². The number of rotatable bonds is 7. The highest BCUT2D eigenvalue weighted by atomic mass is 16.5. The summed E-state index contributed by atoms with van der Waals surface area (Å²) in [6.45, 7) is 3.11. The molecule has 2 aliphatic heterocycles. The van der Waals surface area contributed by atoms with Gasteiger partial charge in [-0.3, -0.25) is 4.79 Å². The van der Waals surface area contributed by atoms with Crippen LogP contribution in [0, 0.1) is 5.92 Å². The molecule has 0 saturated carbocycles. The first-order valence-corrected chi connectivity index (χ1v) is 9.93. The number of piperidine rings is 2. The average molecular weight is 360 g/mol. The van der Waals surface area contributed by atoms with Crippen molar-refractivity contribution in [1.29, 1.82) is 0 Å². The van der Waals surface area contributed by atoms with E-state index in [0.29, 0.717) is 24.9 Å². The molecule has 2 aliphatic rings. The van der Waals surface area contributed by atoms with Crippen LogP contribution in [-0.2, 0) is 11.2 Å². The van der Waals surface area contributed by atoms with E-state index in [9.17, 15) is 4.79 Å². The molecule has 0 bridgehead atoms. The fraction of sp³-hybridized carbons (Fsp3) is 0.667. The second kappa shape index (κ2) is 9.26. The number of hydrogen-bond acceptors (Lipinski definition) is 4. The van der Waals surface area contributed by atoms with Crippen molar-refractivity contribution in [2.75, 3.05) is 33.9 Å². The van der Waals surface area contributed by atoms with Gasteiger partial charge < -0.3 is 19.7 Å². The number of amides is 1. The zero-order valence-electron chi connectivity index (χ0n) is 16.1. The monoisotopic (exact) mass is 360 g/mol. The van der Waals surface area contributed by atoms with Crippen LogP contribution in [0.25, 0.3) is 0 Å². The predicted molar refractivity (Wildman–Crippen MR) is 103 cm³/mol. The van der Waals surface area contributed by atoms with Crippen LogP contribution < -0.4 is 14.8 Å². The van der Waals surface area contributed by atoms with Gasteiger partial charge in [-0.25, -0.2) is 0 Å². The lowest BCUT2D eigenvalue weighted by molar-refractivity contribution is -0.123. The van der Waals surface area contributed by atoms with Gasteiger partial charge in [0.25, 0.3) is 0 Å². The number of carbonyl (C=O) groups excluding carboxylic acids is 1. The minimum absolute atomic E-state index is 0.197. The van der Waals surface area contributed by atoms with Gasteiger partial charge in [-0.2, -0.15) is 0 Å². The smallest absolute Gasteiger partial charge is 0.220 e. The van der Waals surface area contributed by atoms with Crippen molar-refractivity contribution in [3.63, 3.8) is 0 Å². The number of benzene rings is 1. The Hall–Kier alpha value is -1.75. The molecule has 3 rings (SSSR count). The van der Waals surface area contributed by atoms with E-state index in [1.807, 2.05) is 18.2 Å². The summed E-state index contributed by atoms with van der Waals surface area (Å²) in [7, 11) is 3.28. The molecule has 1 aromatic carbocycles. The Morgan fingerprint density at radius 3 is 2.73 bits per heavy atom. The summed E-state index contributed by atoms with van der Waals surface area (Å²) in [6.07, 6.45) is 7.81. The van der Waals surface area contributed by atoms with E-state index in [1.165, 1.54) is 45.2 Å². The SMILES string of the molecule is COc1ccc(CCNC(=O)CC2CCCN3CCCCC23)cc1OC. The molecule has 0 spiro atoms. The third-order valence-corrected chi connectivity index (χ3v) is 5.86. The molecule has 26 heavy (non-hydrogen) atoms. The Labute approximate surface area is 157 Å². The number of hydrogen-bond donors (Lipinski definition) is 1. The summed E-state index contributed by atoms with van der Waals surface area (Å²) in [6, 6.07) is 6.55. The Kier molecular flexibility index (Phi) is 6.78. The van der Waals surface area contributed by atoms with Gasteiger partial charge in [-0.15, -0.1) is 0 Å². The fourth-order valence-corrected chi connectivity index (χ4v) is 4.51. The summed E-state index contributed by atoms with van der Waals surface area (Å²) < 4.78 is 10.6. The van der Waals surface area contributed by atoms with Crippen LogP contribution >= 0.6 is 0 Å². The van der Waals surface area contributed by atoms with Crippen LogP contribution in [0.3, 0.4) is 0 Å². The number of nitrogens with one attached hydrogen (secondary N) is 1. The van der Waals surface area contributed by atoms with E-state index >= 15 is 0 Å². The average Bonchev–Trinajstić information content (AvgIpc) is 2.68. The summed E-state index contributed by atoms with van der Waals surface area (Å²) >= 11 is 0. The normalized spacial score (nSPS) is 23.2. The summed E-state index contributed by atoms with van der Waals surface area (Å²) in [5.41, 5.74) is 1.14. The first-order valence-electron chi connectivity index (χ1n) is 9.93. The van der Waals surface area contributed by atoms with Gasteiger partial charge in [0, 0.05) is 19.0 Å². The van der Waals surface area contributed by atoms with Gasteiger partial charge in [-0.1, -0.05) is 12.5 Å². The maximum atomic E-state index is 12.4. The Bertz CT molecular complexity index is 603. The number of ether oxygens (including phenoxy) is 2. The first-order chi connectivity index (χ1) is 12.7. The van der Waals surface area contributed by atoms with Crippen LogP contribution in [0.2, 0.25) is 0 Å². The standard InChI is InChI=1S/C21H32N2O3/c1-25-19-9-8-16(14-20(19)26-2)10-11-22-21(24)15-17-6-5-13-23-12-4-3-7-18(17)23/h8-9,14,17-18H,3-7,10-13,15H2,1-2H3,(H,22,24). The predicted octanol–water partition coefficient (Wildman–Crippen LogP) is 3.02. The number of carbonyl (C=O) groups is 1. The zero-order valence-corrected chi connectivity index (χ0v) is 16.1. The van der Waals surface area contributed by atoms with Crippen molar-refractivity contribution in [1.82, 2.24) is 10.2 Å². The van der Waals surface area contributed by atoms with Crippen LogP contribution in [0.4, 0.5) is 0 Å². The summed E-state index contributed by atoms with van der Waals surface area (Å²) in [5.74, 6) is 2.19. The van der Waals surface area contributed by atoms with Gasteiger partial charge in [0.05, 0.1) is 14.2 Å². The Morgan fingerprint density at radius 1 is 1.12 bits per heavy atom. The Morgan fingerprint density at radius 2 is 1.92 bits per heavy atom. The summed E-state index contributed by atoms with van der Waals surface area (Å²) in [5, 5.41) is 3.11. The van der Waals surface area contributed by atoms with Gasteiger partial charge in [0.1, 0.15) is 0 Å². The third-order valence-electron chi connectivity index (χ3n) is 5.86. The molecule has 2 unspecified atom stereocenters. The van der Waals surface area contributed by atoms with Crippen LogP contribution in [0.15, 0.2) is 18.2 Å². The van der Waals surface area contributed by atoms with Gasteiger partial charge >= 0.3 is 0 Å². The van der Waals surface area contributed by atoms with Crippen molar-refractivity contribution in [3.8, 4) is 11.5 Å². The van der Waals surface area contributed by atoms with Crippen LogP contribution in [0.1, 0.15) is 44.1 Å². The first kappa shape index (κ1) is 19.0. The minimum Gasteiger partial charge on any atom is -0.493 e. The lowest BCUT2D eigenvalue weighted by atomic mass is 9.81. The molecule has 5 nitrogen and oxygen atoms in total. The molecule has 0 aromatic heterocycles. The van der Waals surface area contributed by atoms with Crippen molar-refractivity contribution in [3.05, 3.63) is 23.8 Å². The van der Waals surface area contributed by atoms with E-state index in [-0.39, 0.29) is 5.91 Å². The lowest BCUT2D eigenvalue weighted by Gasteiger charge is -2.44. The third kappa shape index (κ3) is 4.70. The molecular formula is C21H32N2O3. The van der Waals surface area contributed by atoms with Gasteiger partial charge in [0.2, 0.25) is 5.91 Å². The molecule has 2 fully saturated rings. The molecular weight excluding hydrogens is 328 g/mol. The Balaban J connectivity index is 1.45. The van der Waals surface area contributed by atoms with E-state index in [0.717, 1.165) is 23.5 Å². The second-order valence-corrected chi connectivity index (χ2v) is 7.49. The largest absolute Gasteiger partial charge is 0.493 e. The molecule has 2 heterocycles.